The molecule has 21 heavy (non-hydrogen) atoms. The first-order chi connectivity index (χ1) is 10.3. The van der Waals surface area contributed by atoms with Gasteiger partial charge in [-0.3, -0.25) is 4.98 Å². The molecular weight excluding hydrogens is 260 g/mol. The molecule has 0 atom stereocenters. The maximum Gasteiger partial charge on any atom is 0.0954 e. The molecule has 4 nitrogen and oxygen atoms in total. The average Bonchev–Trinajstić information content (AvgIpc) is 2.94. The number of aryl methyl sites for hydroxylation is 1. The van der Waals surface area contributed by atoms with Crippen molar-refractivity contribution in [2.45, 2.75) is 32.2 Å². The maximum atomic E-state index is 6.05. The third kappa shape index (κ3) is 2.07. The van der Waals surface area contributed by atoms with Gasteiger partial charge in [-0.15, -0.1) is 0 Å². The van der Waals surface area contributed by atoms with E-state index in [0.29, 0.717) is 0 Å². The first kappa shape index (κ1) is 12.4. The third-order valence-corrected chi connectivity index (χ3v) is 4.34. The molecule has 1 aromatic carbocycles. The van der Waals surface area contributed by atoms with E-state index in [0.717, 1.165) is 36.0 Å². The summed E-state index contributed by atoms with van der Waals surface area (Å²) in [6, 6.07) is 8.02. The lowest BCUT2D eigenvalue weighted by Gasteiger charge is -2.15. The van der Waals surface area contributed by atoms with Crippen molar-refractivity contribution in [2.75, 3.05) is 5.73 Å². The highest BCUT2D eigenvalue weighted by Gasteiger charge is 2.16. The molecule has 2 N–H and O–H groups in total. The highest BCUT2D eigenvalue weighted by molar-refractivity contribution is 5.92. The molecule has 4 rings (SSSR count). The van der Waals surface area contributed by atoms with Crippen LogP contribution in [-0.4, -0.2) is 14.5 Å². The van der Waals surface area contributed by atoms with Crippen molar-refractivity contribution in [1.82, 2.24) is 14.5 Å². The number of nitrogens with zero attached hydrogens (tertiary/aromatic N) is 3. The number of benzene rings is 1. The van der Waals surface area contributed by atoms with Gasteiger partial charge < -0.3 is 10.3 Å². The fraction of sp³-hybridized carbons (Fsp3) is 0.294. The fourth-order valence-electron chi connectivity index (χ4n) is 3.23. The summed E-state index contributed by atoms with van der Waals surface area (Å²) in [6.45, 7) is 0.816. The lowest BCUT2D eigenvalue weighted by molar-refractivity contribution is 0.629. The van der Waals surface area contributed by atoms with Crippen LogP contribution in [0, 0.1) is 0 Å². The Balaban J connectivity index is 1.78. The summed E-state index contributed by atoms with van der Waals surface area (Å²) in [5.41, 5.74) is 11.7. The fourth-order valence-corrected chi connectivity index (χ4v) is 3.23. The Labute approximate surface area is 123 Å². The number of hydrogen-bond acceptors (Lipinski definition) is 3. The number of hydrogen-bond donors (Lipinski definition) is 1. The van der Waals surface area contributed by atoms with E-state index in [1.54, 1.807) is 0 Å². The minimum atomic E-state index is 0.787. The standard InChI is InChI=1S/C17H18N4/c18-14-8-7-12(17-13(14)4-3-9-19-17)10-21-11-20-15-5-1-2-6-16(15)21/h3-4,7-9,11H,1-2,5-6,10,18H2. The van der Waals surface area contributed by atoms with E-state index in [4.69, 9.17) is 5.73 Å². The first-order valence-corrected chi connectivity index (χ1v) is 7.48. The van der Waals surface area contributed by atoms with E-state index in [2.05, 4.69) is 20.6 Å². The van der Waals surface area contributed by atoms with Crippen LogP contribution < -0.4 is 5.73 Å². The minimum Gasteiger partial charge on any atom is -0.398 e. The molecule has 2 heterocycles. The van der Waals surface area contributed by atoms with Crippen molar-refractivity contribution < 1.29 is 0 Å². The highest BCUT2D eigenvalue weighted by atomic mass is 15.1. The van der Waals surface area contributed by atoms with E-state index in [1.165, 1.54) is 29.8 Å². The molecule has 1 aliphatic rings. The zero-order valence-corrected chi connectivity index (χ0v) is 11.9. The van der Waals surface area contributed by atoms with Crippen LogP contribution in [0.2, 0.25) is 0 Å². The van der Waals surface area contributed by atoms with Crippen molar-refractivity contribution in [2.24, 2.45) is 0 Å². The van der Waals surface area contributed by atoms with E-state index in [1.807, 2.05) is 30.7 Å². The number of imidazole rings is 1. The summed E-state index contributed by atoms with van der Waals surface area (Å²) >= 11 is 0. The van der Waals surface area contributed by atoms with Crippen LogP contribution in [-0.2, 0) is 19.4 Å². The smallest absolute Gasteiger partial charge is 0.0954 e. The molecular formula is C17H18N4. The number of rotatable bonds is 2. The number of aromatic nitrogens is 3. The molecule has 0 bridgehead atoms. The van der Waals surface area contributed by atoms with Gasteiger partial charge in [0.15, 0.2) is 0 Å². The quantitative estimate of drug-likeness (QED) is 0.733. The van der Waals surface area contributed by atoms with Gasteiger partial charge in [-0.05, 0) is 49.4 Å². The van der Waals surface area contributed by atoms with Gasteiger partial charge in [0.1, 0.15) is 0 Å². The van der Waals surface area contributed by atoms with E-state index in [9.17, 15) is 0 Å². The van der Waals surface area contributed by atoms with E-state index in [-0.39, 0.29) is 0 Å². The van der Waals surface area contributed by atoms with Crippen LogP contribution in [0.1, 0.15) is 29.8 Å². The van der Waals surface area contributed by atoms with Gasteiger partial charge in [0.25, 0.3) is 0 Å². The van der Waals surface area contributed by atoms with Crippen LogP contribution in [0.15, 0.2) is 36.8 Å². The Morgan fingerprint density at radius 2 is 2.00 bits per heavy atom. The Morgan fingerprint density at radius 1 is 1.10 bits per heavy atom. The number of nitrogens with two attached hydrogens (primary N) is 1. The monoisotopic (exact) mass is 278 g/mol. The molecule has 106 valence electrons. The maximum absolute atomic E-state index is 6.05. The predicted octanol–water partition coefficient (Wildman–Crippen LogP) is 2.94. The van der Waals surface area contributed by atoms with Crippen molar-refractivity contribution >= 4 is 16.6 Å². The summed E-state index contributed by atoms with van der Waals surface area (Å²) < 4.78 is 2.27. The van der Waals surface area contributed by atoms with E-state index >= 15 is 0 Å². The highest BCUT2D eigenvalue weighted by Crippen LogP contribution is 2.25. The molecule has 0 saturated carbocycles. The van der Waals surface area contributed by atoms with Crippen molar-refractivity contribution in [3.05, 3.63) is 53.7 Å². The second-order valence-corrected chi connectivity index (χ2v) is 5.69. The van der Waals surface area contributed by atoms with Crippen LogP contribution in [0.4, 0.5) is 5.69 Å². The third-order valence-electron chi connectivity index (χ3n) is 4.34. The summed E-state index contributed by atoms with van der Waals surface area (Å²) in [4.78, 5) is 9.09. The second-order valence-electron chi connectivity index (χ2n) is 5.69. The van der Waals surface area contributed by atoms with Gasteiger partial charge >= 0.3 is 0 Å². The number of nitrogen functional groups attached to an aromatic ring is 1. The van der Waals surface area contributed by atoms with Crippen molar-refractivity contribution in [3.8, 4) is 0 Å². The summed E-state index contributed by atoms with van der Waals surface area (Å²) in [5, 5.41) is 1.03. The van der Waals surface area contributed by atoms with Crippen LogP contribution >= 0.6 is 0 Å². The molecule has 0 spiro atoms. The normalized spacial score (nSPS) is 14.3. The first-order valence-electron chi connectivity index (χ1n) is 7.48. The van der Waals surface area contributed by atoms with Gasteiger partial charge in [0.2, 0.25) is 0 Å². The lowest BCUT2D eigenvalue weighted by Crippen LogP contribution is -2.09. The molecule has 0 unspecified atom stereocenters. The number of anilines is 1. The van der Waals surface area contributed by atoms with Crippen LogP contribution in [0.3, 0.4) is 0 Å². The minimum absolute atomic E-state index is 0.787. The van der Waals surface area contributed by atoms with Crippen LogP contribution in [0.25, 0.3) is 10.9 Å². The molecule has 1 aliphatic carbocycles. The Hall–Kier alpha value is -2.36. The van der Waals surface area contributed by atoms with Crippen molar-refractivity contribution in [3.63, 3.8) is 0 Å². The predicted molar refractivity (Wildman–Crippen MR) is 84.1 cm³/mol. The summed E-state index contributed by atoms with van der Waals surface area (Å²) in [7, 11) is 0. The van der Waals surface area contributed by atoms with Gasteiger partial charge in [0, 0.05) is 23.0 Å². The van der Waals surface area contributed by atoms with Crippen LogP contribution in [0.5, 0.6) is 0 Å². The molecule has 0 aliphatic heterocycles. The van der Waals surface area contributed by atoms with Crippen molar-refractivity contribution in [1.29, 1.82) is 0 Å². The largest absolute Gasteiger partial charge is 0.398 e. The van der Waals surface area contributed by atoms with Gasteiger partial charge in [-0.1, -0.05) is 6.07 Å². The molecule has 2 aromatic heterocycles. The topological polar surface area (TPSA) is 56.7 Å². The molecule has 0 amide bonds. The number of pyridine rings is 1. The van der Waals surface area contributed by atoms with Gasteiger partial charge in [-0.25, -0.2) is 4.98 Å². The zero-order valence-electron chi connectivity index (χ0n) is 11.9. The average molecular weight is 278 g/mol. The number of fused-ring (bicyclic) bond motifs is 2. The lowest BCUT2D eigenvalue weighted by atomic mass is 10.0. The molecule has 0 saturated heterocycles. The summed E-state index contributed by atoms with van der Waals surface area (Å²) in [6.07, 6.45) is 8.57. The molecule has 0 fully saturated rings. The summed E-state index contributed by atoms with van der Waals surface area (Å²) in [5.74, 6) is 0. The zero-order chi connectivity index (χ0) is 14.2. The molecule has 3 aromatic rings. The molecule has 4 heteroatoms. The molecule has 0 radical (unpaired) electrons. The Morgan fingerprint density at radius 3 is 2.95 bits per heavy atom. The SMILES string of the molecule is Nc1ccc(Cn2cnc3c2CCCC3)c2ncccc12. The second kappa shape index (κ2) is 4.88. The van der Waals surface area contributed by atoms with Gasteiger partial charge in [-0.2, -0.15) is 0 Å². The Kier molecular flexibility index (Phi) is 2.88. The van der Waals surface area contributed by atoms with E-state index < -0.39 is 0 Å². The van der Waals surface area contributed by atoms with Gasteiger partial charge in [0.05, 0.1) is 24.1 Å². The Bertz CT molecular complexity index is 804.